The number of carboxylic acid groups (broad SMARTS) is 1. The zero-order valence-corrected chi connectivity index (χ0v) is 11.3. The molecule has 1 amide bonds. The number of carbonyl (C=O) groups is 2. The van der Waals surface area contributed by atoms with Gasteiger partial charge >= 0.3 is 5.97 Å². The molecule has 0 saturated carbocycles. The van der Waals surface area contributed by atoms with E-state index in [1.165, 1.54) is 4.90 Å². The zero-order chi connectivity index (χ0) is 15.0. The Bertz CT molecular complexity index is 579. The Morgan fingerprint density at radius 3 is 2.45 bits per heavy atom. The summed E-state index contributed by atoms with van der Waals surface area (Å²) in [6.45, 7) is 1.99. The summed E-state index contributed by atoms with van der Waals surface area (Å²) >= 11 is 5.74. The molecule has 0 aliphatic carbocycles. The van der Waals surface area contributed by atoms with Gasteiger partial charge in [-0.25, -0.2) is 8.78 Å². The first-order valence-electron chi connectivity index (χ1n) is 5.98. The van der Waals surface area contributed by atoms with Crippen LogP contribution in [0.5, 0.6) is 0 Å². The number of aliphatic carboxylic acids is 1. The minimum atomic E-state index is -1.17. The Morgan fingerprint density at radius 1 is 1.30 bits per heavy atom. The van der Waals surface area contributed by atoms with Crippen LogP contribution in [0.4, 0.5) is 8.78 Å². The molecule has 0 spiro atoms. The van der Waals surface area contributed by atoms with Crippen LogP contribution in [0.3, 0.4) is 0 Å². The number of likely N-dealkylation sites (tertiary alicyclic amines) is 1. The summed E-state index contributed by atoms with van der Waals surface area (Å²) in [6.07, 6.45) is 0. The van der Waals surface area contributed by atoms with Gasteiger partial charge < -0.3 is 10.0 Å². The maximum Gasteiger partial charge on any atom is 0.308 e. The second-order valence-corrected chi connectivity index (χ2v) is 5.29. The second-order valence-electron chi connectivity index (χ2n) is 4.88. The fourth-order valence-corrected chi connectivity index (χ4v) is 2.54. The normalized spacial score (nSPS) is 22.1. The van der Waals surface area contributed by atoms with Crippen LogP contribution in [0.1, 0.15) is 17.3 Å². The van der Waals surface area contributed by atoms with Crippen molar-refractivity contribution in [3.63, 3.8) is 0 Å². The molecule has 1 N–H and O–H groups in total. The van der Waals surface area contributed by atoms with Crippen LogP contribution in [0.15, 0.2) is 12.1 Å². The third-order valence-electron chi connectivity index (χ3n) is 3.46. The lowest BCUT2D eigenvalue weighted by atomic mass is 9.99. The van der Waals surface area contributed by atoms with E-state index < -0.39 is 29.4 Å². The Labute approximate surface area is 118 Å². The fraction of sp³-hybridized carbons (Fsp3) is 0.385. The number of halogens is 3. The van der Waals surface area contributed by atoms with Crippen LogP contribution in [-0.2, 0) is 4.79 Å². The number of rotatable bonds is 2. The fourth-order valence-electron chi connectivity index (χ4n) is 2.31. The van der Waals surface area contributed by atoms with Crippen molar-refractivity contribution in [3.05, 3.63) is 34.4 Å². The molecule has 7 heteroatoms. The van der Waals surface area contributed by atoms with Gasteiger partial charge in [0.2, 0.25) is 0 Å². The number of benzene rings is 1. The van der Waals surface area contributed by atoms with Gasteiger partial charge in [0.1, 0.15) is 0 Å². The lowest BCUT2D eigenvalue weighted by Gasteiger charge is -2.16. The van der Waals surface area contributed by atoms with E-state index in [9.17, 15) is 18.4 Å². The van der Waals surface area contributed by atoms with Crippen LogP contribution in [0.2, 0.25) is 5.02 Å². The van der Waals surface area contributed by atoms with E-state index in [0.717, 1.165) is 12.1 Å². The molecule has 1 heterocycles. The average Bonchev–Trinajstić information content (AvgIpc) is 2.75. The Hall–Kier alpha value is -1.69. The maximum atomic E-state index is 13.2. The highest BCUT2D eigenvalue weighted by atomic mass is 35.5. The molecule has 2 atom stereocenters. The molecule has 1 aromatic rings. The minimum absolute atomic E-state index is 0.0324. The third-order valence-corrected chi connectivity index (χ3v) is 3.77. The number of carbonyl (C=O) groups excluding carboxylic acids is 1. The molecule has 1 aliphatic rings. The number of amides is 1. The van der Waals surface area contributed by atoms with Crippen LogP contribution in [0, 0.1) is 23.5 Å². The van der Waals surface area contributed by atoms with Gasteiger partial charge in [-0.2, -0.15) is 0 Å². The lowest BCUT2D eigenvalue weighted by molar-refractivity contribution is -0.142. The second kappa shape index (κ2) is 5.36. The third kappa shape index (κ3) is 2.60. The van der Waals surface area contributed by atoms with Crippen LogP contribution in [0.25, 0.3) is 0 Å². The highest BCUT2D eigenvalue weighted by molar-refractivity contribution is 6.33. The maximum absolute atomic E-state index is 13.2. The number of hydrogen-bond acceptors (Lipinski definition) is 2. The summed E-state index contributed by atoms with van der Waals surface area (Å²) in [6, 6.07) is 1.47. The zero-order valence-electron chi connectivity index (χ0n) is 10.6. The van der Waals surface area contributed by atoms with E-state index >= 15 is 0 Å². The van der Waals surface area contributed by atoms with E-state index in [1.54, 1.807) is 6.92 Å². The van der Waals surface area contributed by atoms with Gasteiger partial charge in [-0.05, 0) is 18.1 Å². The van der Waals surface area contributed by atoms with Crippen LogP contribution >= 0.6 is 11.6 Å². The van der Waals surface area contributed by atoms with Gasteiger partial charge in [-0.1, -0.05) is 18.5 Å². The van der Waals surface area contributed by atoms with Crippen molar-refractivity contribution < 1.29 is 23.5 Å². The van der Waals surface area contributed by atoms with E-state index in [-0.39, 0.29) is 29.6 Å². The van der Waals surface area contributed by atoms with Crippen molar-refractivity contribution >= 4 is 23.5 Å². The standard InChI is InChI=1S/C13H12ClF2NO3/c1-6-4-17(5-8(6)13(19)20)12(18)7-2-10(15)11(16)3-9(7)14/h2-3,6,8H,4-5H2,1H3,(H,19,20)/t6-,8-/m1/s1. The molecule has 1 fully saturated rings. The molecular formula is C13H12ClF2NO3. The molecule has 0 aromatic heterocycles. The Kier molecular flexibility index (Phi) is 3.94. The highest BCUT2D eigenvalue weighted by Crippen LogP contribution is 2.27. The molecule has 4 nitrogen and oxygen atoms in total. The quantitative estimate of drug-likeness (QED) is 0.854. The van der Waals surface area contributed by atoms with Gasteiger partial charge in [0.05, 0.1) is 16.5 Å². The largest absolute Gasteiger partial charge is 0.481 e. The average molecular weight is 304 g/mol. The van der Waals surface area contributed by atoms with Crippen molar-refractivity contribution in [2.45, 2.75) is 6.92 Å². The summed E-state index contributed by atoms with van der Waals surface area (Å²) < 4.78 is 26.2. The molecule has 0 unspecified atom stereocenters. The summed E-state index contributed by atoms with van der Waals surface area (Å²) in [5, 5.41) is 8.82. The van der Waals surface area contributed by atoms with E-state index in [4.69, 9.17) is 16.7 Å². The molecule has 1 aliphatic heterocycles. The molecule has 1 saturated heterocycles. The van der Waals surface area contributed by atoms with Crippen molar-refractivity contribution in [2.75, 3.05) is 13.1 Å². The van der Waals surface area contributed by atoms with Gasteiger partial charge in [-0.3, -0.25) is 9.59 Å². The highest BCUT2D eigenvalue weighted by Gasteiger charge is 2.37. The van der Waals surface area contributed by atoms with Gasteiger partial charge in [-0.15, -0.1) is 0 Å². The van der Waals surface area contributed by atoms with Gasteiger partial charge in [0, 0.05) is 13.1 Å². The smallest absolute Gasteiger partial charge is 0.308 e. The predicted octanol–water partition coefficient (Wildman–Crippen LogP) is 2.41. The number of hydrogen-bond donors (Lipinski definition) is 1. The van der Waals surface area contributed by atoms with Crippen molar-refractivity contribution in [2.24, 2.45) is 11.8 Å². The molecule has 1 aromatic carbocycles. The molecule has 20 heavy (non-hydrogen) atoms. The SMILES string of the molecule is C[C@@H]1CN(C(=O)c2cc(F)c(F)cc2Cl)C[C@H]1C(=O)O. The number of carboxylic acids is 1. The topological polar surface area (TPSA) is 57.6 Å². The first-order chi connectivity index (χ1) is 9.31. The minimum Gasteiger partial charge on any atom is -0.481 e. The summed E-state index contributed by atoms with van der Waals surface area (Å²) in [5.41, 5.74) is -0.163. The van der Waals surface area contributed by atoms with E-state index in [2.05, 4.69) is 0 Å². The molecule has 2 rings (SSSR count). The van der Waals surface area contributed by atoms with Crippen LogP contribution in [-0.4, -0.2) is 35.0 Å². The summed E-state index contributed by atoms with van der Waals surface area (Å²) in [4.78, 5) is 24.5. The van der Waals surface area contributed by atoms with Gasteiger partial charge in [0.25, 0.3) is 5.91 Å². The first-order valence-corrected chi connectivity index (χ1v) is 6.35. The van der Waals surface area contributed by atoms with Crippen LogP contribution < -0.4 is 0 Å². The first kappa shape index (κ1) is 14.7. The van der Waals surface area contributed by atoms with Crippen molar-refractivity contribution in [1.29, 1.82) is 0 Å². The summed E-state index contributed by atoms with van der Waals surface area (Å²) in [5.74, 6) is -4.75. The summed E-state index contributed by atoms with van der Waals surface area (Å²) in [7, 11) is 0. The molecule has 0 bridgehead atoms. The van der Waals surface area contributed by atoms with Crippen molar-refractivity contribution in [1.82, 2.24) is 4.90 Å². The van der Waals surface area contributed by atoms with Crippen molar-refractivity contribution in [3.8, 4) is 0 Å². The monoisotopic (exact) mass is 303 g/mol. The molecule has 0 radical (unpaired) electrons. The van der Waals surface area contributed by atoms with Gasteiger partial charge in [0.15, 0.2) is 11.6 Å². The lowest BCUT2D eigenvalue weighted by Crippen LogP contribution is -2.30. The molecular weight excluding hydrogens is 292 g/mol. The Balaban J connectivity index is 2.25. The van der Waals surface area contributed by atoms with E-state index in [1.807, 2.05) is 0 Å². The van der Waals surface area contributed by atoms with E-state index in [0.29, 0.717) is 0 Å². The Morgan fingerprint density at radius 2 is 1.90 bits per heavy atom. The number of nitrogens with zero attached hydrogens (tertiary/aromatic N) is 1. The molecule has 108 valence electrons. The predicted molar refractivity (Wildman–Crippen MR) is 67.6 cm³/mol.